The molecule has 1 amide bonds. The topological polar surface area (TPSA) is 49.6 Å². The van der Waals surface area contributed by atoms with Crippen molar-refractivity contribution in [1.82, 2.24) is 15.0 Å². The van der Waals surface area contributed by atoms with Crippen molar-refractivity contribution < 1.29 is 9.32 Å². The van der Waals surface area contributed by atoms with E-state index in [-0.39, 0.29) is 5.41 Å². The Kier molecular flexibility index (Phi) is 3.88. The van der Waals surface area contributed by atoms with Crippen molar-refractivity contribution >= 4 is 5.91 Å². The van der Waals surface area contributed by atoms with Crippen LogP contribution >= 0.6 is 0 Å². The Hall–Kier alpha value is -2.14. The maximum atomic E-state index is 13.0. The maximum Gasteiger partial charge on any atom is 0.233 e. The van der Waals surface area contributed by atoms with Crippen LogP contribution in [-0.4, -0.2) is 47.0 Å². The second-order valence-corrected chi connectivity index (χ2v) is 6.95. The monoisotopic (exact) mass is 325 g/mol. The standard InChI is InChI=1S/C19H23N3O2/c1-15-13-17(24-20-15)14-21-9-11-22(12-10-21)18(23)19(7-8-19)16-5-3-2-4-6-16/h2-6,13H,7-12,14H2,1H3. The van der Waals surface area contributed by atoms with Crippen LogP contribution in [0.15, 0.2) is 40.9 Å². The Morgan fingerprint density at radius 1 is 1.17 bits per heavy atom. The normalized spacial score (nSPS) is 20.1. The molecule has 126 valence electrons. The van der Waals surface area contributed by atoms with Gasteiger partial charge >= 0.3 is 0 Å². The van der Waals surface area contributed by atoms with Crippen LogP contribution in [0.5, 0.6) is 0 Å². The summed E-state index contributed by atoms with van der Waals surface area (Å²) in [5.41, 5.74) is 1.85. The zero-order chi connectivity index (χ0) is 16.6. The summed E-state index contributed by atoms with van der Waals surface area (Å²) in [6.45, 7) is 6.06. The highest BCUT2D eigenvalue weighted by atomic mass is 16.5. The van der Waals surface area contributed by atoms with Gasteiger partial charge in [0.05, 0.1) is 17.7 Å². The number of amides is 1. The van der Waals surface area contributed by atoms with E-state index in [4.69, 9.17) is 4.52 Å². The summed E-state index contributed by atoms with van der Waals surface area (Å²) >= 11 is 0. The first-order chi connectivity index (χ1) is 11.7. The van der Waals surface area contributed by atoms with Gasteiger partial charge in [-0.3, -0.25) is 9.69 Å². The quantitative estimate of drug-likeness (QED) is 0.866. The highest BCUT2D eigenvalue weighted by molar-refractivity contribution is 5.91. The molecule has 2 fully saturated rings. The Bertz CT molecular complexity index is 713. The third-order valence-corrected chi connectivity index (χ3v) is 5.20. The van der Waals surface area contributed by atoms with Gasteiger partial charge in [0.1, 0.15) is 0 Å². The average molecular weight is 325 g/mol. The van der Waals surface area contributed by atoms with Crippen LogP contribution < -0.4 is 0 Å². The fraction of sp³-hybridized carbons (Fsp3) is 0.474. The molecule has 24 heavy (non-hydrogen) atoms. The summed E-state index contributed by atoms with van der Waals surface area (Å²) in [5, 5.41) is 3.93. The number of rotatable bonds is 4. The molecule has 0 radical (unpaired) electrons. The molecule has 2 aliphatic rings. The number of hydrogen-bond acceptors (Lipinski definition) is 4. The molecule has 0 spiro atoms. The van der Waals surface area contributed by atoms with E-state index in [1.54, 1.807) is 0 Å². The van der Waals surface area contributed by atoms with Gasteiger partial charge in [-0.15, -0.1) is 0 Å². The first-order valence-electron chi connectivity index (χ1n) is 8.67. The molecule has 0 unspecified atom stereocenters. The minimum Gasteiger partial charge on any atom is -0.360 e. The van der Waals surface area contributed by atoms with E-state index in [1.807, 2.05) is 36.1 Å². The minimum atomic E-state index is -0.245. The lowest BCUT2D eigenvalue weighted by atomic mass is 9.94. The van der Waals surface area contributed by atoms with Gasteiger partial charge in [-0.2, -0.15) is 0 Å². The maximum absolute atomic E-state index is 13.0. The lowest BCUT2D eigenvalue weighted by molar-refractivity contribution is -0.135. The van der Waals surface area contributed by atoms with Crippen molar-refractivity contribution in [3.05, 3.63) is 53.4 Å². The molecule has 5 heteroatoms. The molecule has 4 rings (SSSR count). The van der Waals surface area contributed by atoms with E-state index in [9.17, 15) is 4.79 Å². The van der Waals surface area contributed by atoms with Gasteiger partial charge in [0.25, 0.3) is 0 Å². The smallest absolute Gasteiger partial charge is 0.233 e. The molecule has 1 aromatic heterocycles. The lowest BCUT2D eigenvalue weighted by Gasteiger charge is -2.36. The van der Waals surface area contributed by atoms with E-state index >= 15 is 0 Å². The van der Waals surface area contributed by atoms with Crippen molar-refractivity contribution in [2.75, 3.05) is 26.2 Å². The SMILES string of the molecule is Cc1cc(CN2CCN(C(=O)C3(c4ccccc4)CC3)CC2)on1. The molecule has 2 aromatic rings. The molecule has 1 aromatic carbocycles. The molecule has 0 N–H and O–H groups in total. The molecule has 0 atom stereocenters. The molecule has 0 bridgehead atoms. The Morgan fingerprint density at radius 3 is 2.46 bits per heavy atom. The Labute approximate surface area is 142 Å². The molecular formula is C19H23N3O2. The molecule has 1 aliphatic carbocycles. The van der Waals surface area contributed by atoms with Gasteiger partial charge in [0.2, 0.25) is 5.91 Å². The third kappa shape index (κ3) is 2.84. The predicted molar refractivity (Wildman–Crippen MR) is 90.5 cm³/mol. The molecule has 1 saturated heterocycles. The van der Waals surface area contributed by atoms with Crippen LogP contribution in [0, 0.1) is 6.92 Å². The van der Waals surface area contributed by atoms with Crippen LogP contribution in [0.25, 0.3) is 0 Å². The van der Waals surface area contributed by atoms with Gasteiger partial charge < -0.3 is 9.42 Å². The van der Waals surface area contributed by atoms with Crippen LogP contribution in [0.3, 0.4) is 0 Å². The number of carbonyl (C=O) groups excluding carboxylic acids is 1. The summed E-state index contributed by atoms with van der Waals surface area (Å²) in [7, 11) is 0. The summed E-state index contributed by atoms with van der Waals surface area (Å²) in [4.78, 5) is 17.4. The van der Waals surface area contributed by atoms with E-state index in [2.05, 4.69) is 22.2 Å². The number of benzene rings is 1. The number of aromatic nitrogens is 1. The molecule has 1 saturated carbocycles. The second-order valence-electron chi connectivity index (χ2n) is 6.95. The van der Waals surface area contributed by atoms with E-state index in [0.29, 0.717) is 5.91 Å². The van der Waals surface area contributed by atoms with Crippen molar-refractivity contribution in [1.29, 1.82) is 0 Å². The summed E-state index contributed by atoms with van der Waals surface area (Å²) < 4.78 is 5.29. The van der Waals surface area contributed by atoms with E-state index < -0.39 is 0 Å². The van der Waals surface area contributed by atoms with Crippen LogP contribution in [-0.2, 0) is 16.8 Å². The second kappa shape index (κ2) is 6.06. The highest BCUT2D eigenvalue weighted by Crippen LogP contribution is 2.49. The molecule has 5 nitrogen and oxygen atoms in total. The minimum absolute atomic E-state index is 0.245. The third-order valence-electron chi connectivity index (χ3n) is 5.20. The van der Waals surface area contributed by atoms with Gasteiger partial charge in [-0.1, -0.05) is 35.5 Å². The number of carbonyl (C=O) groups is 1. The molecule has 2 heterocycles. The molecular weight excluding hydrogens is 302 g/mol. The Balaban J connectivity index is 1.37. The Morgan fingerprint density at radius 2 is 1.88 bits per heavy atom. The van der Waals surface area contributed by atoms with Crippen LogP contribution in [0.2, 0.25) is 0 Å². The van der Waals surface area contributed by atoms with Gasteiger partial charge in [0.15, 0.2) is 5.76 Å². The van der Waals surface area contributed by atoms with Crippen molar-refractivity contribution in [2.24, 2.45) is 0 Å². The fourth-order valence-corrected chi connectivity index (χ4v) is 3.63. The van der Waals surface area contributed by atoms with Crippen molar-refractivity contribution in [2.45, 2.75) is 31.7 Å². The largest absolute Gasteiger partial charge is 0.360 e. The summed E-state index contributed by atoms with van der Waals surface area (Å²) in [6.07, 6.45) is 1.96. The first-order valence-corrected chi connectivity index (χ1v) is 8.67. The number of piperazine rings is 1. The van der Waals surface area contributed by atoms with Crippen molar-refractivity contribution in [3.63, 3.8) is 0 Å². The summed E-state index contributed by atoms with van der Waals surface area (Å²) in [5.74, 6) is 1.21. The van der Waals surface area contributed by atoms with Gasteiger partial charge in [0, 0.05) is 32.2 Å². The number of nitrogens with zero attached hydrogens (tertiary/aromatic N) is 3. The number of hydrogen-bond donors (Lipinski definition) is 0. The first kappa shape index (κ1) is 15.4. The zero-order valence-corrected chi connectivity index (χ0v) is 14.1. The number of aryl methyl sites for hydroxylation is 1. The van der Waals surface area contributed by atoms with E-state index in [1.165, 1.54) is 5.56 Å². The lowest BCUT2D eigenvalue weighted by Crippen LogP contribution is -2.51. The fourth-order valence-electron chi connectivity index (χ4n) is 3.63. The van der Waals surface area contributed by atoms with E-state index in [0.717, 1.165) is 57.0 Å². The molecule has 1 aliphatic heterocycles. The van der Waals surface area contributed by atoms with Gasteiger partial charge in [-0.05, 0) is 25.3 Å². The highest BCUT2D eigenvalue weighted by Gasteiger charge is 2.53. The summed E-state index contributed by atoms with van der Waals surface area (Å²) in [6, 6.07) is 12.2. The predicted octanol–water partition coefficient (Wildman–Crippen LogP) is 2.36. The van der Waals surface area contributed by atoms with Crippen LogP contribution in [0.1, 0.15) is 29.9 Å². The van der Waals surface area contributed by atoms with Crippen molar-refractivity contribution in [3.8, 4) is 0 Å². The average Bonchev–Trinajstić information content (AvgIpc) is 3.33. The van der Waals surface area contributed by atoms with Crippen LogP contribution in [0.4, 0.5) is 0 Å². The van der Waals surface area contributed by atoms with Gasteiger partial charge in [-0.25, -0.2) is 0 Å². The zero-order valence-electron chi connectivity index (χ0n) is 14.1.